The fourth-order valence-electron chi connectivity index (χ4n) is 9.82. The molecule has 0 nitrogen and oxygen atoms in total. The van der Waals surface area contributed by atoms with E-state index in [1.165, 1.54) is 110 Å². The largest absolute Gasteiger partial charge is 0.174 e. The van der Waals surface area contributed by atoms with E-state index in [1.54, 1.807) is 12.2 Å². The van der Waals surface area contributed by atoms with Crippen LogP contribution in [0.4, 0.5) is 0 Å². The molecule has 408 valence electrons. The zero-order chi connectivity index (χ0) is 57.2. The second-order valence-corrected chi connectivity index (χ2v) is 32.3. The van der Waals surface area contributed by atoms with Crippen LogP contribution in [0.25, 0.3) is 0 Å². The van der Waals surface area contributed by atoms with Gasteiger partial charge in [-0.3, -0.25) is 0 Å². The summed E-state index contributed by atoms with van der Waals surface area (Å²) >= 11 is 4.53. The molecule has 10 aromatic rings. The molecule has 0 unspecified atom stereocenters. The van der Waals surface area contributed by atoms with E-state index in [0.29, 0.717) is 0 Å². The number of hydrogen-bond acceptors (Lipinski definition) is 0. The van der Waals surface area contributed by atoms with Gasteiger partial charge in [0, 0.05) is 0 Å². The van der Waals surface area contributed by atoms with Gasteiger partial charge >= 0.3 is 56.4 Å². The number of benzene rings is 8. The molecular formula is C74H80P4Ru2+4. The summed E-state index contributed by atoms with van der Waals surface area (Å²) in [5, 5.41) is 12.0. The topological polar surface area (TPSA) is 0 Å². The molecule has 0 spiro atoms. The predicted octanol–water partition coefficient (Wildman–Crippen LogP) is 15.2. The molecule has 0 saturated heterocycles. The van der Waals surface area contributed by atoms with Crippen molar-refractivity contribution < 1.29 is 35.7 Å². The van der Waals surface area contributed by atoms with Crippen molar-refractivity contribution in [1.82, 2.24) is 0 Å². The van der Waals surface area contributed by atoms with E-state index in [4.69, 9.17) is 0 Å². The average molecular weight is 1300 g/mol. The van der Waals surface area contributed by atoms with Gasteiger partial charge in [0.05, 0.1) is 0 Å². The Bertz CT molecular complexity index is 2760. The molecule has 0 N–H and O–H groups in total. The maximum atomic E-state index is 2.74. The molecule has 10 rings (SSSR count). The van der Waals surface area contributed by atoms with E-state index in [9.17, 15) is 0 Å². The van der Waals surface area contributed by atoms with Gasteiger partial charge in [-0.15, -0.1) is 0 Å². The minimum atomic E-state index is -0.847. The Hall–Kier alpha value is -5.27. The molecule has 0 aliphatic rings. The Morgan fingerprint density at radius 3 is 0.512 bits per heavy atom. The van der Waals surface area contributed by atoms with Crippen LogP contribution >= 0.6 is 31.7 Å². The molecule has 6 heteroatoms. The van der Waals surface area contributed by atoms with Crippen LogP contribution in [0.2, 0.25) is 0 Å². The van der Waals surface area contributed by atoms with E-state index in [2.05, 4.69) is 356 Å². The molecule has 0 atom stereocenters. The van der Waals surface area contributed by atoms with Crippen molar-refractivity contribution in [2.45, 2.75) is 69.2 Å². The standard InChI is InChI=1S/2C25H22P2.2C10H15.C4H2.2Ru/c2*1-5-13-22(14-6-1)26(23-15-7-2-8-16-23)21-27(24-17-9-3-10-18-24)25-19-11-4-12-20-25;2*1-6-7(2)9(4)10(5)8(6)3;1-3-4-2;;/h2*1-20H,21H2;2*1-5H3;3-4H;;/q;;2*-1;;2*+1/p+4. The summed E-state index contributed by atoms with van der Waals surface area (Å²) < 4.78 is 5.49. The van der Waals surface area contributed by atoms with Crippen LogP contribution in [0.1, 0.15) is 55.6 Å². The third-order valence-corrected chi connectivity index (χ3v) is 30.0. The number of rotatable bonds is 13. The van der Waals surface area contributed by atoms with Crippen molar-refractivity contribution >= 4 is 82.7 Å². The maximum Gasteiger partial charge on any atom is 0.174 e. The summed E-state index contributed by atoms with van der Waals surface area (Å²) in [5.74, 6) is 2.49. The van der Waals surface area contributed by atoms with Gasteiger partial charge in [0.2, 0.25) is 0 Å². The van der Waals surface area contributed by atoms with E-state index in [0.717, 1.165) is 0 Å². The van der Waals surface area contributed by atoms with Crippen molar-refractivity contribution in [3.8, 4) is 0 Å². The van der Waals surface area contributed by atoms with Gasteiger partial charge in [0.25, 0.3) is 0 Å². The fraction of sp³-hybridized carbons (Fsp3) is 0.162. The summed E-state index contributed by atoms with van der Waals surface area (Å²) in [4.78, 5) is 0. The molecule has 0 saturated carbocycles. The van der Waals surface area contributed by atoms with E-state index >= 15 is 0 Å². The molecule has 0 heterocycles. The van der Waals surface area contributed by atoms with Gasteiger partial charge in [-0.2, -0.15) is 55.6 Å². The maximum absolute atomic E-state index is 2.74. The van der Waals surface area contributed by atoms with E-state index in [1.807, 2.05) is 0 Å². The fourth-order valence-corrected chi connectivity index (χ4v) is 25.6. The molecule has 0 aliphatic heterocycles. The van der Waals surface area contributed by atoms with Gasteiger partial charge in [-0.05, 0) is 97.1 Å². The first-order chi connectivity index (χ1) is 38.9. The third-order valence-electron chi connectivity index (χ3n) is 15.5. The predicted molar refractivity (Wildman–Crippen MR) is 362 cm³/mol. The van der Waals surface area contributed by atoms with Crippen LogP contribution in [0.15, 0.2) is 255 Å². The minimum Gasteiger partial charge on any atom is -0.0620 e. The van der Waals surface area contributed by atoms with Crippen LogP contribution in [0.5, 0.6) is 0 Å². The first-order valence-electron chi connectivity index (χ1n) is 27.5. The molecule has 80 heavy (non-hydrogen) atoms. The Kier molecular flexibility index (Phi) is 27.3. The van der Waals surface area contributed by atoms with Crippen molar-refractivity contribution in [1.29, 1.82) is 0 Å². The van der Waals surface area contributed by atoms with Crippen LogP contribution in [0.3, 0.4) is 0 Å². The van der Waals surface area contributed by atoms with E-state index in [-0.39, 0.29) is 0 Å². The Balaban J connectivity index is 0.000000180. The molecule has 0 fully saturated rings. The van der Waals surface area contributed by atoms with Crippen LogP contribution in [-0.2, 0) is 35.7 Å². The van der Waals surface area contributed by atoms with Gasteiger partial charge in [0.15, 0.2) is 11.8 Å². The van der Waals surface area contributed by atoms with Gasteiger partial charge in [-0.1, -0.05) is 215 Å². The molecule has 10 aromatic carbocycles. The first-order valence-corrected chi connectivity index (χ1v) is 36.0. The average Bonchev–Trinajstić information content (AvgIpc) is 3.80. The smallest absolute Gasteiger partial charge is 0.0620 e. The molecule has 0 aromatic heterocycles. The van der Waals surface area contributed by atoms with Crippen LogP contribution in [-0.4, -0.2) is 20.3 Å². The molecule has 0 aliphatic carbocycles. The van der Waals surface area contributed by atoms with Crippen molar-refractivity contribution in [3.05, 3.63) is 310 Å². The van der Waals surface area contributed by atoms with Crippen LogP contribution < -0.4 is 42.4 Å². The first kappa shape index (κ1) is 63.9. The molecule has 0 amide bonds. The Morgan fingerprint density at radius 1 is 0.275 bits per heavy atom. The van der Waals surface area contributed by atoms with Crippen molar-refractivity contribution in [3.63, 3.8) is 0 Å². The Labute approximate surface area is 505 Å². The normalized spacial score (nSPS) is 10.4. The molecule has 0 bridgehead atoms. The van der Waals surface area contributed by atoms with Gasteiger partial charge < -0.3 is 0 Å². The van der Waals surface area contributed by atoms with Crippen LogP contribution in [0, 0.1) is 69.2 Å². The SMILES string of the molecule is Cc1c(C)c(C)[c-](C)c1C.Cc1c(C)c(C)[c-](C)c1C.[Ru+]=[C]=CC=[C]=[Ru+].c1ccc([PH+](C[PH+](c2ccccc2)c2ccccc2)c2ccccc2)cc1.c1ccc([PH+](C[PH+](c2ccccc2)c2ccccc2)c2ccccc2)cc1. The zero-order valence-electron chi connectivity index (χ0n) is 48.4. The molecular weight excluding hydrogens is 1210 g/mol. The summed E-state index contributed by atoms with van der Waals surface area (Å²) in [5.41, 5.74) is 14.7. The number of hydrogen-bond donors (Lipinski definition) is 0. The van der Waals surface area contributed by atoms with Gasteiger partial charge in [0.1, 0.15) is 74.1 Å². The molecule has 0 radical (unpaired) electrons. The quantitative estimate of drug-likeness (QED) is 0.0467. The second-order valence-electron chi connectivity index (χ2n) is 20.0. The zero-order valence-corrected chi connectivity index (χ0v) is 55.8. The third kappa shape index (κ3) is 18.6. The van der Waals surface area contributed by atoms with Crippen molar-refractivity contribution in [2.75, 3.05) is 11.8 Å². The second kappa shape index (κ2) is 34.2. The summed E-state index contributed by atoms with van der Waals surface area (Å²) in [6.07, 6.45) is 3.54. The summed E-state index contributed by atoms with van der Waals surface area (Å²) in [6, 6.07) is 88.9. The summed E-state index contributed by atoms with van der Waals surface area (Å²) in [6.45, 7) is 22.0. The Morgan fingerprint density at radius 2 is 0.412 bits per heavy atom. The van der Waals surface area contributed by atoms with Crippen molar-refractivity contribution in [2.24, 2.45) is 0 Å². The van der Waals surface area contributed by atoms with Gasteiger partial charge in [-0.25, -0.2) is 0 Å². The number of allylic oxidation sites excluding steroid dienone is 2. The summed E-state index contributed by atoms with van der Waals surface area (Å²) in [7, 11) is -3.39. The monoisotopic (exact) mass is 1300 g/mol. The van der Waals surface area contributed by atoms with E-state index < -0.39 is 31.7 Å². The minimum absolute atomic E-state index is 0.847.